The quantitative estimate of drug-likeness (QED) is 0.816. The zero-order valence-electron chi connectivity index (χ0n) is 10.2. The molecule has 0 spiro atoms. The van der Waals surface area contributed by atoms with Gasteiger partial charge in [0.2, 0.25) is 0 Å². The lowest BCUT2D eigenvalue weighted by atomic mass is 9.78. The van der Waals surface area contributed by atoms with Crippen LogP contribution in [-0.2, 0) is 19.4 Å². The van der Waals surface area contributed by atoms with E-state index < -0.39 is 0 Å². The summed E-state index contributed by atoms with van der Waals surface area (Å²) in [7, 11) is 0. The number of hydrogen-bond donors (Lipinski definition) is 1. The van der Waals surface area contributed by atoms with E-state index in [0.717, 1.165) is 6.54 Å². The molecule has 1 nitrogen and oxygen atoms in total. The van der Waals surface area contributed by atoms with Gasteiger partial charge in [-0.05, 0) is 62.1 Å². The first-order chi connectivity index (χ1) is 7.75. The molecule has 1 heteroatoms. The third-order valence-corrected chi connectivity index (χ3v) is 4.34. The molecule has 16 heavy (non-hydrogen) atoms. The first-order valence-corrected chi connectivity index (χ1v) is 6.61. The molecule has 0 atom stereocenters. The highest BCUT2D eigenvalue weighted by Gasteiger charge is 2.30. The summed E-state index contributed by atoms with van der Waals surface area (Å²) in [4.78, 5) is 0. The van der Waals surface area contributed by atoms with Gasteiger partial charge in [0, 0.05) is 12.1 Å². The van der Waals surface area contributed by atoms with E-state index in [9.17, 15) is 0 Å². The van der Waals surface area contributed by atoms with Crippen molar-refractivity contribution in [1.82, 2.24) is 5.32 Å². The summed E-state index contributed by atoms with van der Waals surface area (Å²) in [6.07, 6.45) is 8.02. The molecule has 1 fully saturated rings. The lowest BCUT2D eigenvalue weighted by Gasteiger charge is -2.39. The van der Waals surface area contributed by atoms with Crippen molar-refractivity contribution in [2.24, 2.45) is 0 Å². The molecule has 0 radical (unpaired) electrons. The Bertz CT molecular complexity index is 390. The van der Waals surface area contributed by atoms with Crippen molar-refractivity contribution in [3.05, 3.63) is 34.9 Å². The minimum absolute atomic E-state index is 0.430. The number of benzene rings is 1. The monoisotopic (exact) mass is 215 g/mol. The molecule has 2 aliphatic rings. The van der Waals surface area contributed by atoms with Crippen molar-refractivity contribution in [3.8, 4) is 0 Å². The van der Waals surface area contributed by atoms with Crippen LogP contribution in [0.3, 0.4) is 0 Å². The molecule has 86 valence electrons. The maximum atomic E-state index is 3.70. The molecule has 0 aliphatic heterocycles. The van der Waals surface area contributed by atoms with Gasteiger partial charge in [0.05, 0.1) is 0 Å². The predicted molar refractivity (Wildman–Crippen MR) is 67.6 cm³/mol. The van der Waals surface area contributed by atoms with E-state index >= 15 is 0 Å². The molecule has 0 heterocycles. The second-order valence-corrected chi connectivity index (χ2v) is 5.72. The Balaban J connectivity index is 1.66. The first kappa shape index (κ1) is 10.3. The van der Waals surface area contributed by atoms with Crippen LogP contribution in [0.4, 0.5) is 0 Å². The average Bonchev–Trinajstić information content (AvgIpc) is 2.70. The van der Waals surface area contributed by atoms with E-state index in [1.54, 1.807) is 11.1 Å². The van der Waals surface area contributed by atoms with Crippen molar-refractivity contribution in [2.75, 3.05) is 0 Å². The van der Waals surface area contributed by atoms with Gasteiger partial charge in [0.25, 0.3) is 0 Å². The molecule has 0 saturated heterocycles. The second kappa shape index (κ2) is 3.89. The summed E-state index contributed by atoms with van der Waals surface area (Å²) in [5.41, 5.74) is 5.07. The lowest BCUT2D eigenvalue weighted by Crippen LogP contribution is -2.47. The van der Waals surface area contributed by atoms with E-state index in [0.29, 0.717) is 5.54 Å². The topological polar surface area (TPSA) is 12.0 Å². The highest BCUT2D eigenvalue weighted by molar-refractivity contribution is 5.35. The largest absolute Gasteiger partial charge is 0.307 e. The number of nitrogens with one attached hydrogen (secondary N) is 1. The van der Waals surface area contributed by atoms with Crippen LogP contribution >= 0.6 is 0 Å². The van der Waals surface area contributed by atoms with Gasteiger partial charge >= 0.3 is 0 Å². The van der Waals surface area contributed by atoms with Gasteiger partial charge in [0.15, 0.2) is 0 Å². The smallest absolute Gasteiger partial charge is 0.0210 e. The number of fused-ring (bicyclic) bond motifs is 1. The number of rotatable bonds is 3. The normalized spacial score (nSPS) is 21.6. The molecule has 0 unspecified atom stereocenters. The van der Waals surface area contributed by atoms with E-state index in [-0.39, 0.29) is 0 Å². The summed E-state index contributed by atoms with van der Waals surface area (Å²) in [6, 6.07) is 7.05. The lowest BCUT2D eigenvalue weighted by molar-refractivity contribution is 0.207. The van der Waals surface area contributed by atoms with Crippen LogP contribution < -0.4 is 5.32 Å². The third-order valence-electron chi connectivity index (χ3n) is 4.34. The van der Waals surface area contributed by atoms with E-state index in [4.69, 9.17) is 0 Å². The Morgan fingerprint density at radius 1 is 1.12 bits per heavy atom. The van der Waals surface area contributed by atoms with Crippen LogP contribution in [0.15, 0.2) is 18.2 Å². The summed E-state index contributed by atoms with van der Waals surface area (Å²) in [5.74, 6) is 0. The first-order valence-electron chi connectivity index (χ1n) is 6.61. The van der Waals surface area contributed by atoms with Crippen LogP contribution in [0, 0.1) is 0 Å². The van der Waals surface area contributed by atoms with Gasteiger partial charge < -0.3 is 5.32 Å². The minimum atomic E-state index is 0.430. The zero-order chi connectivity index (χ0) is 11.0. The summed E-state index contributed by atoms with van der Waals surface area (Å²) < 4.78 is 0. The average molecular weight is 215 g/mol. The highest BCUT2D eigenvalue weighted by Crippen LogP contribution is 2.31. The second-order valence-electron chi connectivity index (χ2n) is 5.72. The highest BCUT2D eigenvalue weighted by atomic mass is 15.0. The Morgan fingerprint density at radius 2 is 1.94 bits per heavy atom. The number of aryl methyl sites for hydroxylation is 2. The standard InChI is InChI=1S/C15H21N/c1-15(8-3-9-15)16-11-12-6-7-13-4-2-5-14(13)10-12/h6-7,10,16H,2-5,8-9,11H2,1H3. The number of hydrogen-bond acceptors (Lipinski definition) is 1. The summed E-state index contributed by atoms with van der Waals surface area (Å²) in [5, 5.41) is 3.70. The minimum Gasteiger partial charge on any atom is -0.307 e. The fraction of sp³-hybridized carbons (Fsp3) is 0.600. The molecule has 3 rings (SSSR count). The van der Waals surface area contributed by atoms with Crippen LogP contribution in [0.5, 0.6) is 0 Å². The molecule has 1 aromatic carbocycles. The molecule has 2 aliphatic carbocycles. The molecule has 1 N–H and O–H groups in total. The van der Waals surface area contributed by atoms with Crippen LogP contribution in [0.2, 0.25) is 0 Å². The Morgan fingerprint density at radius 3 is 2.69 bits per heavy atom. The van der Waals surface area contributed by atoms with Crippen molar-refractivity contribution >= 4 is 0 Å². The fourth-order valence-corrected chi connectivity index (χ4v) is 2.93. The molecule has 1 saturated carbocycles. The Hall–Kier alpha value is -0.820. The van der Waals surface area contributed by atoms with Gasteiger partial charge in [-0.3, -0.25) is 0 Å². The third kappa shape index (κ3) is 1.89. The molecular weight excluding hydrogens is 194 g/mol. The van der Waals surface area contributed by atoms with Crippen LogP contribution in [0.25, 0.3) is 0 Å². The predicted octanol–water partition coefficient (Wildman–Crippen LogP) is 3.21. The molecule has 1 aromatic rings. The van der Waals surface area contributed by atoms with Crippen molar-refractivity contribution in [2.45, 2.75) is 57.5 Å². The maximum absolute atomic E-state index is 3.70. The Kier molecular flexibility index (Phi) is 2.51. The van der Waals surface area contributed by atoms with Crippen molar-refractivity contribution in [1.29, 1.82) is 0 Å². The SMILES string of the molecule is CC1(NCc2ccc3c(c2)CCC3)CCC1. The summed E-state index contributed by atoms with van der Waals surface area (Å²) >= 11 is 0. The van der Waals surface area contributed by atoms with E-state index in [2.05, 4.69) is 30.4 Å². The van der Waals surface area contributed by atoms with Gasteiger partial charge in [-0.1, -0.05) is 18.2 Å². The summed E-state index contributed by atoms with van der Waals surface area (Å²) in [6.45, 7) is 3.40. The van der Waals surface area contributed by atoms with Crippen molar-refractivity contribution < 1.29 is 0 Å². The van der Waals surface area contributed by atoms with Gasteiger partial charge in [-0.15, -0.1) is 0 Å². The fourth-order valence-electron chi connectivity index (χ4n) is 2.93. The molecule has 0 aromatic heterocycles. The Labute approximate surface area is 98.3 Å². The molecule has 0 bridgehead atoms. The van der Waals surface area contributed by atoms with Gasteiger partial charge in [-0.2, -0.15) is 0 Å². The van der Waals surface area contributed by atoms with Gasteiger partial charge in [-0.25, -0.2) is 0 Å². The van der Waals surface area contributed by atoms with E-state index in [1.807, 2.05) is 0 Å². The zero-order valence-corrected chi connectivity index (χ0v) is 10.2. The maximum Gasteiger partial charge on any atom is 0.0210 e. The van der Waals surface area contributed by atoms with Crippen LogP contribution in [-0.4, -0.2) is 5.54 Å². The molecule has 0 amide bonds. The van der Waals surface area contributed by atoms with Crippen LogP contribution in [0.1, 0.15) is 49.3 Å². The van der Waals surface area contributed by atoms with E-state index in [1.165, 1.54) is 44.1 Å². The molecular formula is C15H21N. The van der Waals surface area contributed by atoms with Crippen molar-refractivity contribution in [3.63, 3.8) is 0 Å². The van der Waals surface area contributed by atoms with Gasteiger partial charge in [0.1, 0.15) is 0 Å².